The maximum Gasteiger partial charge on any atom is 0.340 e. The van der Waals surface area contributed by atoms with Gasteiger partial charge in [-0.05, 0) is 32.2 Å². The van der Waals surface area contributed by atoms with Gasteiger partial charge in [-0.3, -0.25) is 9.69 Å². The van der Waals surface area contributed by atoms with Crippen molar-refractivity contribution in [2.24, 2.45) is 0 Å². The second-order valence-corrected chi connectivity index (χ2v) is 7.41. The summed E-state index contributed by atoms with van der Waals surface area (Å²) in [6.45, 7) is 1.81. The molecule has 2 rings (SSSR count). The first-order valence-corrected chi connectivity index (χ1v) is 9.06. The summed E-state index contributed by atoms with van der Waals surface area (Å²) in [5.41, 5.74) is -0.205. The number of esters is 1. The van der Waals surface area contributed by atoms with Crippen LogP contribution in [0.1, 0.15) is 17.3 Å². The summed E-state index contributed by atoms with van der Waals surface area (Å²) in [6, 6.07) is 2.96. The van der Waals surface area contributed by atoms with Gasteiger partial charge in [0.15, 0.2) is 6.10 Å². The highest BCUT2D eigenvalue weighted by atomic mass is 35.5. The lowest BCUT2D eigenvalue weighted by atomic mass is 10.2. The summed E-state index contributed by atoms with van der Waals surface area (Å²) < 4.78 is 30.8. The lowest BCUT2D eigenvalue weighted by molar-refractivity contribution is -0.136. The van der Waals surface area contributed by atoms with Gasteiger partial charge in [0.1, 0.15) is 0 Å². The molecule has 1 aromatic carbocycles. The van der Waals surface area contributed by atoms with Crippen LogP contribution in [0.25, 0.3) is 0 Å². The second kappa shape index (κ2) is 7.38. The molecule has 1 atom stereocenters. The maximum atomic E-state index is 12.3. The molecule has 0 bridgehead atoms. The number of nitrogens with zero attached hydrogens (tertiary/aromatic N) is 1. The molecular formula is C14H16ClN3O6S. The number of urea groups is 1. The van der Waals surface area contributed by atoms with Crippen molar-refractivity contribution in [3.63, 3.8) is 0 Å². The van der Waals surface area contributed by atoms with Crippen LogP contribution in [0.5, 0.6) is 0 Å². The van der Waals surface area contributed by atoms with Gasteiger partial charge in [-0.15, -0.1) is 0 Å². The van der Waals surface area contributed by atoms with Crippen LogP contribution in [0.15, 0.2) is 23.1 Å². The van der Waals surface area contributed by atoms with E-state index < -0.39 is 34.0 Å². The summed E-state index contributed by atoms with van der Waals surface area (Å²) in [7, 11) is -2.55. The Morgan fingerprint density at radius 3 is 2.64 bits per heavy atom. The molecule has 0 aromatic heterocycles. The minimum Gasteiger partial charge on any atom is -0.449 e. The maximum absolute atomic E-state index is 12.3. The highest BCUT2D eigenvalue weighted by molar-refractivity contribution is 7.89. The van der Waals surface area contributed by atoms with Crippen LogP contribution in [-0.4, -0.2) is 57.5 Å². The van der Waals surface area contributed by atoms with E-state index in [1.165, 1.54) is 26.1 Å². The average molecular weight is 390 g/mol. The van der Waals surface area contributed by atoms with Crippen molar-refractivity contribution in [1.82, 2.24) is 14.9 Å². The number of halogens is 1. The van der Waals surface area contributed by atoms with Crippen molar-refractivity contribution in [3.05, 3.63) is 28.8 Å². The molecule has 0 radical (unpaired) electrons. The molecule has 3 amide bonds. The number of ether oxygens (including phenoxy) is 1. The fourth-order valence-electron chi connectivity index (χ4n) is 2.12. The first-order valence-electron chi connectivity index (χ1n) is 7.20. The minimum atomic E-state index is -3.78. The smallest absolute Gasteiger partial charge is 0.340 e. The molecule has 1 heterocycles. The van der Waals surface area contributed by atoms with Crippen LogP contribution in [0.3, 0.4) is 0 Å². The number of rotatable bonds is 5. The van der Waals surface area contributed by atoms with Crippen molar-refractivity contribution in [1.29, 1.82) is 0 Å². The Balaban J connectivity index is 2.19. The van der Waals surface area contributed by atoms with Crippen molar-refractivity contribution in [2.75, 3.05) is 20.1 Å². The van der Waals surface area contributed by atoms with E-state index in [4.69, 9.17) is 16.3 Å². The monoisotopic (exact) mass is 389 g/mol. The van der Waals surface area contributed by atoms with Gasteiger partial charge >= 0.3 is 12.0 Å². The SMILES string of the molecule is CNS(=O)(=O)c1ccc(Cl)c(C(=O)O[C@H](C)C(=O)N2CCNC2=O)c1. The number of nitrogens with one attached hydrogen (secondary N) is 2. The van der Waals surface area contributed by atoms with E-state index in [-0.39, 0.29) is 22.0 Å². The van der Waals surface area contributed by atoms with Gasteiger partial charge in [0, 0.05) is 13.1 Å². The van der Waals surface area contributed by atoms with Gasteiger partial charge in [0.2, 0.25) is 10.0 Å². The van der Waals surface area contributed by atoms with Crippen molar-refractivity contribution in [2.45, 2.75) is 17.9 Å². The molecule has 1 fully saturated rings. The number of benzene rings is 1. The van der Waals surface area contributed by atoms with E-state index in [1.54, 1.807) is 0 Å². The molecule has 1 aliphatic rings. The molecule has 0 unspecified atom stereocenters. The Labute approximate surface area is 149 Å². The highest BCUT2D eigenvalue weighted by Gasteiger charge is 2.32. The molecule has 1 saturated heterocycles. The van der Waals surface area contributed by atoms with Crippen LogP contribution in [0.4, 0.5) is 4.79 Å². The lowest BCUT2D eigenvalue weighted by Gasteiger charge is -2.18. The van der Waals surface area contributed by atoms with Crippen LogP contribution in [-0.2, 0) is 19.6 Å². The zero-order valence-corrected chi connectivity index (χ0v) is 15.0. The van der Waals surface area contributed by atoms with E-state index in [9.17, 15) is 22.8 Å². The average Bonchev–Trinajstić information content (AvgIpc) is 3.00. The third-order valence-corrected chi connectivity index (χ3v) is 5.23. The molecule has 136 valence electrons. The highest BCUT2D eigenvalue weighted by Crippen LogP contribution is 2.22. The molecule has 0 spiro atoms. The van der Waals surface area contributed by atoms with Crippen molar-refractivity contribution in [3.8, 4) is 0 Å². The fourth-order valence-corrected chi connectivity index (χ4v) is 3.07. The molecule has 25 heavy (non-hydrogen) atoms. The number of carbonyl (C=O) groups excluding carboxylic acids is 3. The van der Waals surface area contributed by atoms with Gasteiger partial charge in [0.25, 0.3) is 5.91 Å². The first kappa shape index (κ1) is 19.2. The number of amides is 3. The number of hydrogen-bond acceptors (Lipinski definition) is 6. The normalized spacial score (nSPS) is 15.6. The summed E-state index contributed by atoms with van der Waals surface area (Å²) in [5, 5.41) is 2.43. The molecule has 0 saturated carbocycles. The summed E-state index contributed by atoms with van der Waals surface area (Å²) in [6.07, 6.45) is -1.24. The molecule has 11 heteroatoms. The summed E-state index contributed by atoms with van der Waals surface area (Å²) in [5.74, 6) is -1.66. The quantitative estimate of drug-likeness (QED) is 0.700. The molecular weight excluding hydrogens is 374 g/mol. The zero-order valence-electron chi connectivity index (χ0n) is 13.4. The third-order valence-electron chi connectivity index (χ3n) is 3.49. The predicted molar refractivity (Wildman–Crippen MR) is 87.7 cm³/mol. The van der Waals surface area contributed by atoms with Crippen LogP contribution >= 0.6 is 11.6 Å². The molecule has 9 nitrogen and oxygen atoms in total. The number of hydrogen-bond donors (Lipinski definition) is 2. The summed E-state index contributed by atoms with van der Waals surface area (Å²) >= 11 is 5.92. The lowest BCUT2D eigenvalue weighted by Crippen LogP contribution is -2.41. The molecule has 0 aliphatic carbocycles. The van der Waals surface area contributed by atoms with Gasteiger partial charge in [-0.2, -0.15) is 0 Å². The number of imide groups is 1. The molecule has 2 N–H and O–H groups in total. The van der Waals surface area contributed by atoms with Crippen LogP contribution in [0.2, 0.25) is 5.02 Å². The predicted octanol–water partition coefficient (Wildman–Crippen LogP) is 0.345. The van der Waals surface area contributed by atoms with Gasteiger partial charge in [0.05, 0.1) is 15.5 Å². The fraction of sp³-hybridized carbons (Fsp3) is 0.357. The van der Waals surface area contributed by atoms with E-state index in [0.717, 1.165) is 11.0 Å². The largest absolute Gasteiger partial charge is 0.449 e. The van der Waals surface area contributed by atoms with E-state index in [1.807, 2.05) is 0 Å². The third kappa shape index (κ3) is 4.09. The number of sulfonamides is 1. The standard InChI is InChI=1S/C14H16ClN3O6S/c1-8(12(19)18-6-5-17-14(18)21)24-13(20)10-7-9(3-4-11(10)15)25(22,23)16-2/h3-4,7-8,16H,5-6H2,1-2H3,(H,17,21)/t8-/m1/s1. The zero-order chi connectivity index (χ0) is 18.8. The van der Waals surface area contributed by atoms with Crippen molar-refractivity contribution >= 4 is 39.5 Å². The minimum absolute atomic E-state index is 0.0291. The molecule has 1 aliphatic heterocycles. The first-order chi connectivity index (χ1) is 11.7. The summed E-state index contributed by atoms with van der Waals surface area (Å²) in [4.78, 5) is 36.6. The van der Waals surface area contributed by atoms with Gasteiger partial charge < -0.3 is 10.1 Å². The topological polar surface area (TPSA) is 122 Å². The Morgan fingerprint density at radius 2 is 2.08 bits per heavy atom. The second-order valence-electron chi connectivity index (χ2n) is 5.12. The van der Waals surface area contributed by atoms with Crippen LogP contribution < -0.4 is 10.0 Å². The number of carbonyl (C=O) groups is 3. The Kier molecular flexibility index (Phi) is 5.65. The molecule has 1 aromatic rings. The van der Waals surface area contributed by atoms with Gasteiger partial charge in [-0.1, -0.05) is 11.6 Å². The Hall–Kier alpha value is -2.17. The Morgan fingerprint density at radius 1 is 1.40 bits per heavy atom. The van der Waals surface area contributed by atoms with E-state index in [0.29, 0.717) is 6.54 Å². The van der Waals surface area contributed by atoms with E-state index >= 15 is 0 Å². The Bertz CT molecular complexity index is 826. The van der Waals surface area contributed by atoms with Crippen LogP contribution in [0, 0.1) is 0 Å². The van der Waals surface area contributed by atoms with E-state index in [2.05, 4.69) is 10.0 Å². The van der Waals surface area contributed by atoms with Gasteiger partial charge in [-0.25, -0.2) is 22.7 Å². The van der Waals surface area contributed by atoms with Crippen molar-refractivity contribution < 1.29 is 27.5 Å².